The van der Waals surface area contributed by atoms with Gasteiger partial charge >= 0.3 is 0 Å². The lowest BCUT2D eigenvalue weighted by Crippen LogP contribution is -2.29. The minimum absolute atomic E-state index is 0.614. The molecule has 0 aromatic heterocycles. The monoisotopic (exact) mass is 211 g/mol. The average molecular weight is 211 g/mol. The van der Waals surface area contributed by atoms with E-state index in [1.807, 2.05) is 12.1 Å². The SMILES string of the molecule is COc1ccc(O[Si](C)(C)C)cc1N. The number of methoxy groups -OCH3 is 1. The number of nitrogen functional groups attached to an aromatic ring is 1. The second-order valence-corrected chi connectivity index (χ2v) is 8.55. The zero-order valence-electron chi connectivity index (χ0n) is 9.13. The highest BCUT2D eigenvalue weighted by Crippen LogP contribution is 2.27. The molecule has 0 unspecified atom stereocenters. The van der Waals surface area contributed by atoms with Crippen LogP contribution in [0.25, 0.3) is 0 Å². The van der Waals surface area contributed by atoms with E-state index in [9.17, 15) is 0 Å². The summed E-state index contributed by atoms with van der Waals surface area (Å²) in [6.07, 6.45) is 0. The third-order valence-corrected chi connectivity index (χ3v) is 2.47. The Kier molecular flexibility index (Phi) is 3.05. The number of rotatable bonds is 3. The highest BCUT2D eigenvalue weighted by Gasteiger charge is 2.16. The van der Waals surface area contributed by atoms with Crippen LogP contribution in [0.3, 0.4) is 0 Å². The van der Waals surface area contributed by atoms with Crippen molar-refractivity contribution < 1.29 is 9.16 Å². The largest absolute Gasteiger partial charge is 0.544 e. The molecule has 0 radical (unpaired) electrons. The first-order valence-electron chi connectivity index (χ1n) is 4.55. The summed E-state index contributed by atoms with van der Waals surface area (Å²) < 4.78 is 10.8. The molecule has 3 nitrogen and oxygen atoms in total. The predicted molar refractivity (Wildman–Crippen MR) is 61.4 cm³/mol. The predicted octanol–water partition coefficient (Wildman–Crippen LogP) is 2.49. The van der Waals surface area contributed by atoms with Crippen LogP contribution in [0, 0.1) is 0 Å². The van der Waals surface area contributed by atoms with Crippen molar-refractivity contribution in [3.63, 3.8) is 0 Å². The van der Waals surface area contributed by atoms with E-state index >= 15 is 0 Å². The number of anilines is 1. The van der Waals surface area contributed by atoms with Crippen LogP contribution in [0.4, 0.5) is 5.69 Å². The van der Waals surface area contributed by atoms with Gasteiger partial charge in [-0.05, 0) is 31.8 Å². The van der Waals surface area contributed by atoms with Crippen LogP contribution < -0.4 is 14.9 Å². The minimum Gasteiger partial charge on any atom is -0.544 e. The Morgan fingerprint density at radius 3 is 2.29 bits per heavy atom. The maximum Gasteiger partial charge on any atom is 0.242 e. The summed E-state index contributed by atoms with van der Waals surface area (Å²) in [6.45, 7) is 6.40. The molecule has 0 aliphatic rings. The molecule has 0 amide bonds. The molecule has 0 atom stereocenters. The fraction of sp³-hybridized carbons (Fsp3) is 0.400. The van der Waals surface area contributed by atoms with Gasteiger partial charge in [0.05, 0.1) is 12.8 Å². The maximum absolute atomic E-state index is 5.79. The molecule has 0 saturated heterocycles. The van der Waals surface area contributed by atoms with E-state index in [1.165, 1.54) is 0 Å². The van der Waals surface area contributed by atoms with Gasteiger partial charge in [-0.1, -0.05) is 0 Å². The molecule has 4 heteroatoms. The quantitative estimate of drug-likeness (QED) is 0.617. The van der Waals surface area contributed by atoms with Crippen molar-refractivity contribution in [1.82, 2.24) is 0 Å². The summed E-state index contributed by atoms with van der Waals surface area (Å²) in [7, 11) is 0.0570. The minimum atomic E-state index is -1.54. The third-order valence-electron chi connectivity index (χ3n) is 1.63. The Morgan fingerprint density at radius 1 is 1.21 bits per heavy atom. The first-order valence-corrected chi connectivity index (χ1v) is 7.96. The van der Waals surface area contributed by atoms with E-state index in [4.69, 9.17) is 14.9 Å². The smallest absolute Gasteiger partial charge is 0.242 e. The normalized spacial score (nSPS) is 11.1. The van der Waals surface area contributed by atoms with Crippen molar-refractivity contribution in [2.75, 3.05) is 12.8 Å². The fourth-order valence-corrected chi connectivity index (χ4v) is 1.96. The molecule has 1 aromatic carbocycles. The van der Waals surface area contributed by atoms with E-state index in [-0.39, 0.29) is 0 Å². The van der Waals surface area contributed by atoms with E-state index in [2.05, 4.69) is 19.6 Å². The van der Waals surface area contributed by atoms with E-state index in [0.29, 0.717) is 11.4 Å². The molecule has 1 aromatic rings. The van der Waals surface area contributed by atoms with Crippen LogP contribution in [-0.2, 0) is 0 Å². The molecule has 2 N–H and O–H groups in total. The van der Waals surface area contributed by atoms with Crippen LogP contribution in [0.15, 0.2) is 18.2 Å². The molecule has 0 bridgehead atoms. The summed E-state index contributed by atoms with van der Waals surface area (Å²) in [5, 5.41) is 0. The summed E-state index contributed by atoms with van der Waals surface area (Å²) >= 11 is 0. The third kappa shape index (κ3) is 2.96. The first kappa shape index (κ1) is 10.9. The molecule has 0 aliphatic heterocycles. The molecular formula is C10H17NO2Si. The number of ether oxygens (including phenoxy) is 1. The zero-order valence-corrected chi connectivity index (χ0v) is 10.1. The molecule has 1 rings (SSSR count). The van der Waals surface area contributed by atoms with Crippen LogP contribution in [-0.4, -0.2) is 15.4 Å². The number of hydrogen-bond donors (Lipinski definition) is 1. The van der Waals surface area contributed by atoms with E-state index < -0.39 is 8.32 Å². The topological polar surface area (TPSA) is 44.5 Å². The molecule has 0 heterocycles. The van der Waals surface area contributed by atoms with Gasteiger partial charge in [0.25, 0.3) is 0 Å². The maximum atomic E-state index is 5.79. The molecule has 0 saturated carbocycles. The molecule has 0 fully saturated rings. The van der Waals surface area contributed by atoms with Crippen molar-refractivity contribution >= 4 is 14.0 Å². The van der Waals surface area contributed by atoms with Crippen LogP contribution >= 0.6 is 0 Å². The Bertz CT molecular complexity index is 320. The number of benzene rings is 1. The lowest BCUT2D eigenvalue weighted by Gasteiger charge is -2.19. The van der Waals surface area contributed by atoms with Gasteiger partial charge in [0, 0.05) is 6.07 Å². The Balaban J connectivity index is 2.87. The second-order valence-electron chi connectivity index (χ2n) is 4.12. The van der Waals surface area contributed by atoms with E-state index in [0.717, 1.165) is 5.75 Å². The molecular weight excluding hydrogens is 194 g/mol. The Labute approximate surface area is 86.0 Å². The summed E-state index contributed by atoms with van der Waals surface area (Å²) in [4.78, 5) is 0. The van der Waals surface area contributed by atoms with Gasteiger partial charge in [-0.3, -0.25) is 0 Å². The summed E-state index contributed by atoms with van der Waals surface area (Å²) in [6, 6.07) is 5.51. The summed E-state index contributed by atoms with van der Waals surface area (Å²) in [5.74, 6) is 1.51. The number of nitrogens with two attached hydrogens (primary N) is 1. The highest BCUT2D eigenvalue weighted by molar-refractivity contribution is 6.70. The highest BCUT2D eigenvalue weighted by atomic mass is 28.4. The van der Waals surface area contributed by atoms with Gasteiger partial charge in [0.15, 0.2) is 0 Å². The molecule has 14 heavy (non-hydrogen) atoms. The zero-order chi connectivity index (χ0) is 10.8. The Morgan fingerprint density at radius 2 is 1.86 bits per heavy atom. The van der Waals surface area contributed by atoms with Crippen molar-refractivity contribution in [2.45, 2.75) is 19.6 Å². The van der Waals surface area contributed by atoms with Crippen LogP contribution in [0.2, 0.25) is 19.6 Å². The van der Waals surface area contributed by atoms with Crippen LogP contribution in [0.5, 0.6) is 11.5 Å². The first-order chi connectivity index (χ1) is 6.42. The van der Waals surface area contributed by atoms with Crippen molar-refractivity contribution in [3.8, 4) is 11.5 Å². The number of hydrogen-bond acceptors (Lipinski definition) is 3. The lowest BCUT2D eigenvalue weighted by molar-refractivity contribution is 0.416. The van der Waals surface area contributed by atoms with Gasteiger partial charge < -0.3 is 14.9 Å². The van der Waals surface area contributed by atoms with Gasteiger partial charge in [-0.2, -0.15) is 0 Å². The van der Waals surface area contributed by atoms with Crippen molar-refractivity contribution in [2.24, 2.45) is 0 Å². The lowest BCUT2D eigenvalue weighted by atomic mass is 10.3. The van der Waals surface area contributed by atoms with Crippen molar-refractivity contribution in [3.05, 3.63) is 18.2 Å². The molecule has 78 valence electrons. The molecule has 0 aliphatic carbocycles. The van der Waals surface area contributed by atoms with Gasteiger partial charge in [0.2, 0.25) is 8.32 Å². The Hall–Kier alpha value is -1.16. The second kappa shape index (κ2) is 3.92. The summed E-state index contributed by atoms with van der Waals surface area (Å²) in [5.41, 5.74) is 6.38. The molecule has 0 spiro atoms. The standard InChI is InChI=1S/C10H17NO2Si/c1-12-10-6-5-8(7-9(10)11)13-14(2,3)4/h5-7H,11H2,1-4H3. The van der Waals surface area contributed by atoms with Gasteiger partial charge in [0.1, 0.15) is 11.5 Å². The average Bonchev–Trinajstić information content (AvgIpc) is 2.01. The van der Waals surface area contributed by atoms with Gasteiger partial charge in [-0.25, -0.2) is 0 Å². The fourth-order valence-electron chi connectivity index (χ4n) is 1.13. The van der Waals surface area contributed by atoms with Crippen LogP contribution in [0.1, 0.15) is 0 Å². The van der Waals surface area contributed by atoms with Crippen molar-refractivity contribution in [1.29, 1.82) is 0 Å². The van der Waals surface area contributed by atoms with Gasteiger partial charge in [-0.15, -0.1) is 0 Å². The van der Waals surface area contributed by atoms with E-state index in [1.54, 1.807) is 13.2 Å².